The van der Waals surface area contributed by atoms with Gasteiger partial charge in [0.1, 0.15) is 5.75 Å². The molecule has 1 fully saturated rings. The lowest BCUT2D eigenvalue weighted by molar-refractivity contribution is 0.0667. The zero-order valence-electron chi connectivity index (χ0n) is 16.6. The Kier molecular flexibility index (Phi) is 5.25. The summed E-state index contributed by atoms with van der Waals surface area (Å²) in [5, 5.41) is 0.555. The van der Waals surface area contributed by atoms with E-state index in [2.05, 4.69) is 0 Å². The van der Waals surface area contributed by atoms with Crippen LogP contribution in [0.2, 0.25) is 0 Å². The van der Waals surface area contributed by atoms with Crippen LogP contribution in [0.25, 0.3) is 11.0 Å². The number of benzene rings is 2. The van der Waals surface area contributed by atoms with Crippen molar-refractivity contribution in [1.29, 1.82) is 0 Å². The highest BCUT2D eigenvalue weighted by Gasteiger charge is 2.32. The number of amides is 1. The number of carbonyl (C=O) groups excluding carboxylic acids is 1. The van der Waals surface area contributed by atoms with Crippen molar-refractivity contribution in [1.82, 2.24) is 9.21 Å². The van der Waals surface area contributed by atoms with Crippen molar-refractivity contribution < 1.29 is 26.8 Å². The summed E-state index contributed by atoms with van der Waals surface area (Å²) in [5.41, 5.74) is 0.627. The monoisotopic (exact) mass is 432 g/mol. The maximum atomic E-state index is 14.0. The van der Waals surface area contributed by atoms with E-state index in [4.69, 9.17) is 9.15 Å². The quantitative estimate of drug-likeness (QED) is 0.633. The lowest BCUT2D eigenvalue weighted by Crippen LogP contribution is -2.50. The van der Waals surface area contributed by atoms with Crippen LogP contribution in [0.1, 0.15) is 16.1 Å². The molecule has 2 aromatic carbocycles. The summed E-state index contributed by atoms with van der Waals surface area (Å²) in [6, 6.07) is 10.7. The molecule has 0 saturated carbocycles. The predicted molar refractivity (Wildman–Crippen MR) is 109 cm³/mol. The molecule has 0 N–H and O–H groups in total. The van der Waals surface area contributed by atoms with Crippen molar-refractivity contribution in [3.8, 4) is 5.75 Å². The Balaban J connectivity index is 1.50. The number of carbonyl (C=O) groups is 1. The fourth-order valence-corrected chi connectivity index (χ4v) is 5.01. The summed E-state index contributed by atoms with van der Waals surface area (Å²) >= 11 is 0. The number of para-hydroxylation sites is 1. The molecule has 1 aromatic heterocycles. The Bertz CT molecular complexity index is 1200. The molecule has 2 heterocycles. The maximum absolute atomic E-state index is 14.0. The summed E-state index contributed by atoms with van der Waals surface area (Å²) in [7, 11) is -2.16. The summed E-state index contributed by atoms with van der Waals surface area (Å²) in [5.74, 6) is -0.238. The molecule has 158 valence electrons. The highest BCUT2D eigenvalue weighted by Crippen LogP contribution is 2.29. The van der Waals surface area contributed by atoms with Gasteiger partial charge in [0.05, 0.1) is 12.0 Å². The van der Waals surface area contributed by atoms with E-state index in [1.165, 1.54) is 34.5 Å². The van der Waals surface area contributed by atoms with Gasteiger partial charge in [-0.05, 0) is 37.3 Å². The van der Waals surface area contributed by atoms with E-state index in [1.807, 2.05) is 0 Å². The van der Waals surface area contributed by atoms with Gasteiger partial charge in [0.2, 0.25) is 10.0 Å². The highest BCUT2D eigenvalue weighted by atomic mass is 32.2. The molecular weight excluding hydrogens is 411 g/mol. The highest BCUT2D eigenvalue weighted by molar-refractivity contribution is 7.89. The molecule has 0 aliphatic carbocycles. The van der Waals surface area contributed by atoms with Crippen LogP contribution < -0.4 is 4.74 Å². The number of sulfonamides is 1. The number of furan rings is 1. The normalized spacial score (nSPS) is 15.5. The summed E-state index contributed by atoms with van der Waals surface area (Å²) in [4.78, 5) is 14.6. The van der Waals surface area contributed by atoms with Crippen LogP contribution in [0.15, 0.2) is 51.8 Å². The van der Waals surface area contributed by atoms with Crippen LogP contribution in [0.5, 0.6) is 5.75 Å². The van der Waals surface area contributed by atoms with Gasteiger partial charge in [0.15, 0.2) is 17.2 Å². The fraction of sp³-hybridized carbons (Fsp3) is 0.286. The van der Waals surface area contributed by atoms with Crippen molar-refractivity contribution in [2.45, 2.75) is 11.8 Å². The van der Waals surface area contributed by atoms with E-state index in [9.17, 15) is 17.6 Å². The van der Waals surface area contributed by atoms with Gasteiger partial charge >= 0.3 is 0 Å². The average molecular weight is 432 g/mol. The topological polar surface area (TPSA) is 80.1 Å². The van der Waals surface area contributed by atoms with E-state index in [1.54, 1.807) is 31.2 Å². The van der Waals surface area contributed by atoms with E-state index in [0.717, 1.165) is 0 Å². The molecule has 9 heteroatoms. The van der Waals surface area contributed by atoms with Gasteiger partial charge in [-0.25, -0.2) is 12.8 Å². The second kappa shape index (κ2) is 7.73. The van der Waals surface area contributed by atoms with Crippen molar-refractivity contribution in [3.05, 3.63) is 59.6 Å². The number of aryl methyl sites for hydroxylation is 1. The standard InChI is InChI=1S/C21H21FN2O5S/c1-14-17-4-3-5-18(22)20(17)29-19(14)21(25)23-10-12-24(13-11-23)30(26,27)16-8-6-15(28-2)7-9-16/h3-9H,10-13H2,1-2H3. The Morgan fingerprint density at radius 2 is 1.73 bits per heavy atom. The lowest BCUT2D eigenvalue weighted by atomic mass is 10.1. The predicted octanol–water partition coefficient (Wildman–Crippen LogP) is 3.04. The molecule has 0 bridgehead atoms. The fourth-order valence-electron chi connectivity index (χ4n) is 3.58. The number of nitrogens with zero attached hydrogens (tertiary/aromatic N) is 2. The Morgan fingerprint density at radius 3 is 2.33 bits per heavy atom. The van der Waals surface area contributed by atoms with Crippen LogP contribution in [-0.4, -0.2) is 56.8 Å². The third kappa shape index (κ3) is 3.44. The summed E-state index contributed by atoms with van der Waals surface area (Å²) in [6.45, 7) is 2.46. The van der Waals surface area contributed by atoms with Crippen LogP contribution in [0, 0.1) is 12.7 Å². The molecule has 30 heavy (non-hydrogen) atoms. The third-order valence-corrected chi connectivity index (χ3v) is 7.25. The summed E-state index contributed by atoms with van der Waals surface area (Å²) < 4.78 is 51.6. The summed E-state index contributed by atoms with van der Waals surface area (Å²) in [6.07, 6.45) is 0. The minimum atomic E-state index is -3.67. The minimum Gasteiger partial charge on any atom is -0.497 e. The number of fused-ring (bicyclic) bond motifs is 1. The van der Waals surface area contributed by atoms with Gasteiger partial charge in [0, 0.05) is 37.1 Å². The number of ether oxygens (including phenoxy) is 1. The Morgan fingerprint density at radius 1 is 1.07 bits per heavy atom. The molecule has 0 radical (unpaired) electrons. The van der Waals surface area contributed by atoms with Gasteiger partial charge in [-0.15, -0.1) is 0 Å². The molecule has 0 unspecified atom stereocenters. The molecule has 7 nitrogen and oxygen atoms in total. The second-order valence-corrected chi connectivity index (χ2v) is 8.98. The molecule has 1 aliphatic heterocycles. The molecule has 1 amide bonds. The second-order valence-electron chi connectivity index (χ2n) is 7.04. The molecule has 4 rings (SSSR count). The first kappa shape index (κ1) is 20.4. The van der Waals surface area contributed by atoms with Crippen LogP contribution in [0.3, 0.4) is 0 Å². The van der Waals surface area contributed by atoms with E-state index in [0.29, 0.717) is 16.7 Å². The minimum absolute atomic E-state index is 0.0547. The zero-order valence-corrected chi connectivity index (χ0v) is 17.4. The smallest absolute Gasteiger partial charge is 0.289 e. The first-order chi connectivity index (χ1) is 14.3. The van der Waals surface area contributed by atoms with Crippen molar-refractivity contribution >= 4 is 26.9 Å². The van der Waals surface area contributed by atoms with E-state index >= 15 is 0 Å². The van der Waals surface area contributed by atoms with Crippen LogP contribution in [-0.2, 0) is 10.0 Å². The van der Waals surface area contributed by atoms with Gasteiger partial charge in [-0.2, -0.15) is 4.31 Å². The number of hydrogen-bond acceptors (Lipinski definition) is 5. The van der Waals surface area contributed by atoms with Crippen LogP contribution in [0.4, 0.5) is 4.39 Å². The number of rotatable bonds is 4. The number of methoxy groups -OCH3 is 1. The Labute approximate surface area is 173 Å². The molecule has 3 aromatic rings. The van der Waals surface area contributed by atoms with E-state index in [-0.39, 0.29) is 48.3 Å². The first-order valence-electron chi connectivity index (χ1n) is 9.44. The van der Waals surface area contributed by atoms with Gasteiger partial charge in [-0.3, -0.25) is 4.79 Å². The van der Waals surface area contributed by atoms with Crippen molar-refractivity contribution in [3.63, 3.8) is 0 Å². The molecule has 1 aliphatic rings. The molecular formula is C21H21FN2O5S. The number of piperazine rings is 1. The SMILES string of the molecule is COc1ccc(S(=O)(=O)N2CCN(C(=O)c3oc4c(F)cccc4c3C)CC2)cc1. The third-order valence-electron chi connectivity index (χ3n) is 5.33. The van der Waals surface area contributed by atoms with Gasteiger partial charge in [0.25, 0.3) is 5.91 Å². The first-order valence-corrected chi connectivity index (χ1v) is 10.9. The Hall–Kier alpha value is -2.91. The van der Waals surface area contributed by atoms with Gasteiger partial charge in [-0.1, -0.05) is 12.1 Å². The largest absolute Gasteiger partial charge is 0.497 e. The molecule has 0 atom stereocenters. The molecule has 0 spiro atoms. The average Bonchev–Trinajstić information content (AvgIpc) is 3.11. The number of halogens is 1. The molecule has 1 saturated heterocycles. The maximum Gasteiger partial charge on any atom is 0.289 e. The van der Waals surface area contributed by atoms with Crippen molar-refractivity contribution in [2.24, 2.45) is 0 Å². The van der Waals surface area contributed by atoms with Crippen molar-refractivity contribution in [2.75, 3.05) is 33.3 Å². The number of hydrogen-bond donors (Lipinski definition) is 0. The van der Waals surface area contributed by atoms with Crippen LogP contribution >= 0.6 is 0 Å². The van der Waals surface area contributed by atoms with E-state index < -0.39 is 15.8 Å². The lowest BCUT2D eigenvalue weighted by Gasteiger charge is -2.33. The zero-order chi connectivity index (χ0) is 21.5. The van der Waals surface area contributed by atoms with Gasteiger partial charge < -0.3 is 14.1 Å².